The molecule has 3 N–H and O–H groups in total. The number of halogens is 3. The van der Waals surface area contributed by atoms with E-state index in [2.05, 4.69) is 25.7 Å². The van der Waals surface area contributed by atoms with E-state index >= 15 is 0 Å². The average Bonchev–Trinajstić information content (AvgIpc) is 3.41. The van der Waals surface area contributed by atoms with Crippen molar-refractivity contribution in [1.82, 2.24) is 16.0 Å². The summed E-state index contributed by atoms with van der Waals surface area (Å²) in [5.74, 6) is 0.943. The third kappa shape index (κ3) is 7.76. The maximum Gasteiger partial charge on any atom is 0.387 e. The number of alkyl halides is 2. The molecule has 1 atom stereocenters. The molecule has 2 heterocycles. The topological polar surface area (TPSA) is 91.1 Å². The van der Waals surface area contributed by atoms with Gasteiger partial charge in [-0.3, -0.25) is 9.79 Å². The van der Waals surface area contributed by atoms with E-state index in [1.165, 1.54) is 6.26 Å². The SMILES string of the molecule is CN=C(NCCCNC(=O)c1occc1C)NC1CCN(c2ccccc2OC(F)F)C1.I. The average molecular weight is 577 g/mol. The van der Waals surface area contributed by atoms with E-state index in [1.807, 2.05) is 11.8 Å². The Balaban J connectivity index is 0.00000385. The summed E-state index contributed by atoms with van der Waals surface area (Å²) < 4.78 is 35.2. The Kier molecular flexibility index (Phi) is 10.7. The van der Waals surface area contributed by atoms with Crippen LogP contribution in [0.3, 0.4) is 0 Å². The van der Waals surface area contributed by atoms with Crippen molar-refractivity contribution < 1.29 is 22.7 Å². The number of benzene rings is 1. The highest BCUT2D eigenvalue weighted by Crippen LogP contribution is 2.31. The van der Waals surface area contributed by atoms with Gasteiger partial charge in [0.1, 0.15) is 5.75 Å². The molecule has 0 saturated carbocycles. The maximum absolute atomic E-state index is 12.7. The van der Waals surface area contributed by atoms with Crippen LogP contribution in [0.25, 0.3) is 0 Å². The Morgan fingerprint density at radius 1 is 1.27 bits per heavy atom. The number of carbonyl (C=O) groups excluding carboxylic acids is 1. The second kappa shape index (κ2) is 13.2. The van der Waals surface area contributed by atoms with Crippen LogP contribution >= 0.6 is 24.0 Å². The van der Waals surface area contributed by atoms with Crippen LogP contribution in [0.1, 0.15) is 29.0 Å². The molecule has 1 aromatic heterocycles. The summed E-state index contributed by atoms with van der Waals surface area (Å²) >= 11 is 0. The fourth-order valence-corrected chi connectivity index (χ4v) is 3.58. The molecule has 1 saturated heterocycles. The van der Waals surface area contributed by atoms with Crippen LogP contribution in [0.4, 0.5) is 14.5 Å². The van der Waals surface area contributed by atoms with Gasteiger partial charge in [-0.15, -0.1) is 24.0 Å². The highest BCUT2D eigenvalue weighted by Gasteiger charge is 2.26. The quantitative estimate of drug-likeness (QED) is 0.183. The van der Waals surface area contributed by atoms with Crippen LogP contribution in [0, 0.1) is 6.92 Å². The van der Waals surface area contributed by atoms with E-state index in [4.69, 9.17) is 4.42 Å². The minimum atomic E-state index is -2.86. The first-order chi connectivity index (χ1) is 15.5. The largest absolute Gasteiger partial charge is 0.459 e. The number of nitrogens with one attached hydrogen (secondary N) is 3. The van der Waals surface area contributed by atoms with Crippen molar-refractivity contribution in [2.24, 2.45) is 4.99 Å². The maximum atomic E-state index is 12.7. The third-order valence-electron chi connectivity index (χ3n) is 5.17. The number of guanidine groups is 1. The summed E-state index contributed by atoms with van der Waals surface area (Å²) in [6.07, 6.45) is 3.04. The molecule has 1 amide bonds. The fourth-order valence-electron chi connectivity index (χ4n) is 3.58. The van der Waals surface area contributed by atoms with E-state index in [0.29, 0.717) is 43.5 Å². The van der Waals surface area contributed by atoms with Crippen molar-refractivity contribution in [2.45, 2.75) is 32.4 Å². The van der Waals surface area contributed by atoms with Crippen molar-refractivity contribution in [1.29, 1.82) is 0 Å². The number of amides is 1. The van der Waals surface area contributed by atoms with Crippen molar-refractivity contribution in [3.63, 3.8) is 0 Å². The number of hydrogen-bond donors (Lipinski definition) is 3. The fraction of sp³-hybridized carbons (Fsp3) is 0.455. The molecule has 8 nitrogen and oxygen atoms in total. The van der Waals surface area contributed by atoms with Crippen LogP contribution in [0.15, 0.2) is 46.0 Å². The molecule has 2 aromatic rings. The minimum absolute atomic E-state index is 0. The van der Waals surface area contributed by atoms with Crippen LogP contribution in [0.5, 0.6) is 5.75 Å². The Hall–Kier alpha value is -2.57. The molecule has 0 spiro atoms. The van der Waals surface area contributed by atoms with E-state index in [-0.39, 0.29) is 41.7 Å². The number of nitrogens with zero attached hydrogens (tertiary/aromatic N) is 2. The highest BCUT2D eigenvalue weighted by atomic mass is 127. The first kappa shape index (κ1) is 26.7. The second-order valence-corrected chi connectivity index (χ2v) is 7.46. The molecule has 3 rings (SSSR count). The molecule has 1 fully saturated rings. The lowest BCUT2D eigenvalue weighted by molar-refractivity contribution is -0.0495. The van der Waals surface area contributed by atoms with Gasteiger partial charge in [-0.05, 0) is 38.0 Å². The smallest absolute Gasteiger partial charge is 0.387 e. The van der Waals surface area contributed by atoms with Crippen LogP contribution < -0.4 is 25.6 Å². The van der Waals surface area contributed by atoms with Gasteiger partial charge in [0, 0.05) is 44.8 Å². The Bertz CT molecular complexity index is 925. The van der Waals surface area contributed by atoms with Gasteiger partial charge >= 0.3 is 6.61 Å². The monoisotopic (exact) mass is 577 g/mol. The van der Waals surface area contributed by atoms with Crippen molar-refractivity contribution in [3.8, 4) is 5.75 Å². The molecule has 182 valence electrons. The van der Waals surface area contributed by atoms with Crippen molar-refractivity contribution >= 4 is 41.5 Å². The molecule has 0 bridgehead atoms. The Labute approximate surface area is 209 Å². The number of aryl methyl sites for hydroxylation is 1. The summed E-state index contributed by atoms with van der Waals surface area (Å²) in [5, 5.41) is 9.42. The van der Waals surface area contributed by atoms with Crippen LogP contribution in [-0.4, -0.2) is 57.7 Å². The predicted molar refractivity (Wildman–Crippen MR) is 134 cm³/mol. The number of carbonyl (C=O) groups is 1. The molecule has 11 heteroatoms. The molecule has 1 aromatic carbocycles. The molecule has 0 radical (unpaired) electrons. The lowest BCUT2D eigenvalue weighted by Crippen LogP contribution is -2.45. The zero-order valence-electron chi connectivity index (χ0n) is 18.6. The Morgan fingerprint density at radius 3 is 2.73 bits per heavy atom. The third-order valence-corrected chi connectivity index (χ3v) is 5.17. The molecule has 1 aliphatic rings. The van der Waals surface area contributed by atoms with Gasteiger partial charge in [-0.25, -0.2) is 0 Å². The molecule has 33 heavy (non-hydrogen) atoms. The summed E-state index contributed by atoms with van der Waals surface area (Å²) in [6.45, 7) is 1.45. The lowest BCUT2D eigenvalue weighted by atomic mass is 10.2. The number of hydrogen-bond acceptors (Lipinski definition) is 5. The lowest BCUT2D eigenvalue weighted by Gasteiger charge is -2.22. The number of para-hydroxylation sites is 2. The van der Waals surface area contributed by atoms with Gasteiger partial charge in [0.25, 0.3) is 5.91 Å². The van der Waals surface area contributed by atoms with E-state index in [1.54, 1.807) is 37.4 Å². The van der Waals surface area contributed by atoms with Gasteiger partial charge in [0.2, 0.25) is 0 Å². The van der Waals surface area contributed by atoms with Gasteiger partial charge in [-0.2, -0.15) is 8.78 Å². The zero-order chi connectivity index (χ0) is 22.9. The normalized spacial score (nSPS) is 15.8. The van der Waals surface area contributed by atoms with E-state index in [9.17, 15) is 13.6 Å². The number of furan rings is 1. The number of rotatable bonds is 9. The Morgan fingerprint density at radius 2 is 2.03 bits per heavy atom. The van der Waals surface area contributed by atoms with Crippen LogP contribution in [-0.2, 0) is 0 Å². The molecule has 1 aliphatic heterocycles. The van der Waals surface area contributed by atoms with Crippen LogP contribution in [0.2, 0.25) is 0 Å². The molecular formula is C22H30F2IN5O3. The van der Waals surface area contributed by atoms with Gasteiger partial charge in [0.15, 0.2) is 11.7 Å². The molecular weight excluding hydrogens is 547 g/mol. The summed E-state index contributed by atoms with van der Waals surface area (Å²) in [7, 11) is 1.69. The van der Waals surface area contributed by atoms with E-state index in [0.717, 1.165) is 18.5 Å². The van der Waals surface area contributed by atoms with Gasteiger partial charge in [-0.1, -0.05) is 12.1 Å². The number of anilines is 1. The van der Waals surface area contributed by atoms with Gasteiger partial charge < -0.3 is 30.0 Å². The molecule has 0 aliphatic carbocycles. The first-order valence-electron chi connectivity index (χ1n) is 10.6. The second-order valence-electron chi connectivity index (χ2n) is 7.46. The van der Waals surface area contributed by atoms with E-state index < -0.39 is 6.61 Å². The minimum Gasteiger partial charge on any atom is -0.459 e. The highest BCUT2D eigenvalue weighted by molar-refractivity contribution is 14.0. The van der Waals surface area contributed by atoms with Gasteiger partial charge in [0.05, 0.1) is 12.0 Å². The molecule has 1 unspecified atom stereocenters. The summed E-state index contributed by atoms with van der Waals surface area (Å²) in [6, 6.07) is 8.68. The zero-order valence-corrected chi connectivity index (χ0v) is 21.0. The standard InChI is InChI=1S/C22H29F2N5O3.HI/c1-15-9-13-31-19(15)20(30)26-10-5-11-27-22(25-2)28-16-8-12-29(14-16)17-6-3-4-7-18(17)32-21(23)24;/h3-4,6-7,9,13,16,21H,5,8,10-12,14H2,1-2H3,(H,26,30)(H2,25,27,28);1H. The van der Waals surface area contributed by atoms with Crippen molar-refractivity contribution in [2.75, 3.05) is 38.1 Å². The predicted octanol–water partition coefficient (Wildman–Crippen LogP) is 3.37. The van der Waals surface area contributed by atoms with Crippen molar-refractivity contribution in [3.05, 3.63) is 47.9 Å². The summed E-state index contributed by atoms with van der Waals surface area (Å²) in [5.41, 5.74) is 1.46. The number of ether oxygens (including phenoxy) is 1. The first-order valence-corrected chi connectivity index (χ1v) is 10.6. The summed E-state index contributed by atoms with van der Waals surface area (Å²) in [4.78, 5) is 18.3. The number of aliphatic imine (C=N–C) groups is 1.